The predicted molar refractivity (Wildman–Crippen MR) is 73.6 cm³/mol. The van der Waals surface area contributed by atoms with Gasteiger partial charge in [-0.3, -0.25) is 4.79 Å². The first-order chi connectivity index (χ1) is 9.06. The zero-order valence-corrected chi connectivity index (χ0v) is 11.5. The van der Waals surface area contributed by atoms with Crippen molar-refractivity contribution in [2.45, 2.75) is 25.3 Å². The largest absolute Gasteiger partial charge is 0.334 e. The van der Waals surface area contributed by atoms with Crippen molar-refractivity contribution in [3.8, 4) is 0 Å². The minimum absolute atomic E-state index is 0.0148. The highest BCUT2D eigenvalue weighted by Crippen LogP contribution is 2.36. The summed E-state index contributed by atoms with van der Waals surface area (Å²) in [5, 5.41) is 3.60. The van der Waals surface area contributed by atoms with Gasteiger partial charge in [0.05, 0.1) is 15.7 Å². The van der Waals surface area contributed by atoms with Crippen molar-refractivity contribution in [1.29, 1.82) is 0 Å². The number of amides is 3. The Morgan fingerprint density at radius 3 is 2.47 bits per heavy atom. The van der Waals surface area contributed by atoms with Gasteiger partial charge in [-0.2, -0.15) is 0 Å². The summed E-state index contributed by atoms with van der Waals surface area (Å²) >= 11 is 11.7. The third kappa shape index (κ3) is 2.42. The Morgan fingerprint density at radius 2 is 1.89 bits per heavy atom. The molecule has 3 amide bonds. The Morgan fingerprint density at radius 1 is 1.16 bits per heavy atom. The number of anilines is 1. The highest BCUT2D eigenvalue weighted by Gasteiger charge is 2.40. The van der Waals surface area contributed by atoms with Crippen LogP contribution in [0.1, 0.15) is 19.3 Å². The fourth-order valence-corrected chi connectivity index (χ4v) is 2.63. The van der Waals surface area contributed by atoms with Crippen LogP contribution in [0.25, 0.3) is 0 Å². The molecule has 19 heavy (non-hydrogen) atoms. The van der Waals surface area contributed by atoms with Gasteiger partial charge in [-0.1, -0.05) is 23.2 Å². The summed E-state index contributed by atoms with van der Waals surface area (Å²) in [6.45, 7) is 0. The molecule has 1 aliphatic carbocycles. The number of benzene rings is 1. The van der Waals surface area contributed by atoms with Gasteiger partial charge in [-0.15, -0.1) is 0 Å². The zero-order chi connectivity index (χ0) is 13.6. The maximum Gasteiger partial charge on any atom is 0.328 e. The fourth-order valence-electron chi connectivity index (χ4n) is 2.34. The van der Waals surface area contributed by atoms with E-state index in [1.54, 1.807) is 12.1 Å². The van der Waals surface area contributed by atoms with Gasteiger partial charge >= 0.3 is 6.03 Å². The van der Waals surface area contributed by atoms with E-state index in [0.29, 0.717) is 28.1 Å². The minimum Gasteiger partial charge on any atom is -0.334 e. The van der Waals surface area contributed by atoms with Gasteiger partial charge in [0, 0.05) is 12.5 Å². The molecule has 4 nitrogen and oxygen atoms in total. The van der Waals surface area contributed by atoms with E-state index in [1.165, 1.54) is 6.07 Å². The summed E-state index contributed by atoms with van der Waals surface area (Å²) in [6, 6.07) is 4.32. The highest BCUT2D eigenvalue weighted by atomic mass is 35.5. The van der Waals surface area contributed by atoms with E-state index >= 15 is 0 Å². The van der Waals surface area contributed by atoms with Gasteiger partial charge in [-0.05, 0) is 37.0 Å². The second-order valence-electron chi connectivity index (χ2n) is 4.93. The van der Waals surface area contributed by atoms with Crippen molar-refractivity contribution >= 4 is 40.8 Å². The molecule has 0 bridgehead atoms. The van der Waals surface area contributed by atoms with Crippen LogP contribution in [0.15, 0.2) is 18.2 Å². The summed E-state index contributed by atoms with van der Waals surface area (Å²) < 4.78 is 0. The number of urea groups is 1. The molecule has 0 spiro atoms. The number of nitrogens with zero attached hydrogens (tertiary/aromatic N) is 1. The van der Waals surface area contributed by atoms with E-state index in [4.69, 9.17) is 23.2 Å². The second-order valence-corrected chi connectivity index (χ2v) is 5.74. The predicted octanol–water partition coefficient (Wildman–Crippen LogP) is 3.22. The molecular formula is C13H12Cl2N2O2. The molecule has 1 heterocycles. The lowest BCUT2D eigenvalue weighted by atomic mass is 10.1. The number of imide groups is 1. The lowest BCUT2D eigenvalue weighted by Crippen LogP contribution is -2.55. The summed E-state index contributed by atoms with van der Waals surface area (Å²) in [5.41, 5.74) is 0.450. The molecule has 1 aromatic carbocycles. The molecule has 2 fully saturated rings. The van der Waals surface area contributed by atoms with Gasteiger partial charge in [0.25, 0.3) is 0 Å². The molecule has 1 N–H and O–H groups in total. The molecule has 0 aromatic heterocycles. The molecule has 1 atom stereocenters. The number of nitrogens with one attached hydrogen (secondary N) is 1. The average molecular weight is 299 g/mol. The summed E-state index contributed by atoms with van der Waals surface area (Å²) in [6.07, 6.45) is 2.52. The number of rotatable bonds is 2. The monoisotopic (exact) mass is 298 g/mol. The maximum absolute atomic E-state index is 12.1. The van der Waals surface area contributed by atoms with E-state index in [9.17, 15) is 9.59 Å². The second kappa shape index (κ2) is 4.69. The smallest absolute Gasteiger partial charge is 0.328 e. The maximum atomic E-state index is 12.1. The average Bonchev–Trinajstić information content (AvgIpc) is 3.16. The summed E-state index contributed by atoms with van der Waals surface area (Å²) in [4.78, 5) is 25.3. The molecular weight excluding hydrogens is 287 g/mol. The zero-order valence-electron chi connectivity index (χ0n) is 10.0. The van der Waals surface area contributed by atoms with Crippen LogP contribution in [0.4, 0.5) is 10.5 Å². The van der Waals surface area contributed by atoms with Crippen LogP contribution in [-0.2, 0) is 4.79 Å². The summed E-state index contributed by atoms with van der Waals surface area (Å²) in [5.74, 6) is 0.267. The minimum atomic E-state index is -0.383. The Balaban J connectivity index is 1.85. The first kappa shape index (κ1) is 12.8. The molecule has 1 saturated carbocycles. The van der Waals surface area contributed by atoms with Crippen molar-refractivity contribution in [2.24, 2.45) is 5.92 Å². The van der Waals surface area contributed by atoms with E-state index < -0.39 is 0 Å². The van der Waals surface area contributed by atoms with Gasteiger partial charge in [-0.25, -0.2) is 9.69 Å². The van der Waals surface area contributed by atoms with E-state index in [0.717, 1.165) is 17.7 Å². The summed E-state index contributed by atoms with van der Waals surface area (Å²) in [7, 11) is 0. The van der Waals surface area contributed by atoms with Crippen molar-refractivity contribution in [3.63, 3.8) is 0 Å². The Hall–Kier alpha value is -1.26. The molecule has 1 aromatic rings. The van der Waals surface area contributed by atoms with E-state index in [-0.39, 0.29) is 18.0 Å². The van der Waals surface area contributed by atoms with Crippen LogP contribution in [0.3, 0.4) is 0 Å². The van der Waals surface area contributed by atoms with Crippen molar-refractivity contribution < 1.29 is 9.59 Å². The van der Waals surface area contributed by atoms with Gasteiger partial charge < -0.3 is 5.32 Å². The van der Waals surface area contributed by atoms with Gasteiger partial charge in [0.2, 0.25) is 5.91 Å². The first-order valence-corrected chi connectivity index (χ1v) is 6.90. The number of halogens is 2. The lowest BCUT2D eigenvalue weighted by molar-refractivity contribution is -0.119. The number of carbonyl (C=O) groups excluding carboxylic acids is 2. The molecule has 3 rings (SSSR count). The molecule has 1 saturated heterocycles. The normalized spacial score (nSPS) is 23.5. The van der Waals surface area contributed by atoms with Crippen LogP contribution in [0.2, 0.25) is 10.0 Å². The number of hydrogen-bond donors (Lipinski definition) is 1. The van der Waals surface area contributed by atoms with E-state index in [1.807, 2.05) is 0 Å². The third-order valence-electron chi connectivity index (χ3n) is 3.51. The molecule has 2 aliphatic rings. The molecule has 0 radical (unpaired) electrons. The molecule has 6 heteroatoms. The van der Waals surface area contributed by atoms with Gasteiger partial charge in [0.15, 0.2) is 0 Å². The van der Waals surface area contributed by atoms with Crippen LogP contribution in [-0.4, -0.2) is 18.0 Å². The Labute approximate surface area is 120 Å². The quantitative estimate of drug-likeness (QED) is 0.911. The van der Waals surface area contributed by atoms with Crippen LogP contribution < -0.4 is 10.2 Å². The van der Waals surface area contributed by atoms with Crippen molar-refractivity contribution in [3.05, 3.63) is 28.2 Å². The number of hydrogen-bond acceptors (Lipinski definition) is 2. The topological polar surface area (TPSA) is 49.4 Å². The molecule has 1 unspecified atom stereocenters. The Kier molecular flexibility index (Phi) is 3.15. The van der Waals surface area contributed by atoms with Crippen molar-refractivity contribution in [1.82, 2.24) is 5.32 Å². The molecule has 100 valence electrons. The fraction of sp³-hybridized carbons (Fsp3) is 0.385. The van der Waals surface area contributed by atoms with Crippen LogP contribution >= 0.6 is 23.2 Å². The van der Waals surface area contributed by atoms with E-state index in [2.05, 4.69) is 5.32 Å². The van der Waals surface area contributed by atoms with Crippen molar-refractivity contribution in [2.75, 3.05) is 4.90 Å². The van der Waals surface area contributed by atoms with Crippen LogP contribution in [0.5, 0.6) is 0 Å². The highest BCUT2D eigenvalue weighted by molar-refractivity contribution is 6.42. The number of carbonyl (C=O) groups is 2. The third-order valence-corrected chi connectivity index (χ3v) is 4.25. The lowest BCUT2D eigenvalue weighted by Gasteiger charge is -2.31. The van der Waals surface area contributed by atoms with Crippen LogP contribution in [0, 0.1) is 5.92 Å². The molecule has 1 aliphatic heterocycles. The SMILES string of the molecule is O=C1CC(C2CC2)NC(=O)N1c1ccc(Cl)c(Cl)c1. The van der Waals surface area contributed by atoms with Gasteiger partial charge in [0.1, 0.15) is 0 Å². The Bertz CT molecular complexity index is 540. The standard InChI is InChI=1S/C13H12Cl2N2O2/c14-9-4-3-8(5-10(9)15)17-12(18)6-11(7-1-2-7)16-13(17)19/h3-5,7,11H,1-2,6H2,(H,16,19). The first-order valence-electron chi connectivity index (χ1n) is 6.15.